The van der Waals surface area contributed by atoms with Gasteiger partial charge in [0, 0.05) is 11.6 Å². The van der Waals surface area contributed by atoms with Gasteiger partial charge in [-0.3, -0.25) is 4.79 Å². The van der Waals surface area contributed by atoms with E-state index in [1.54, 1.807) is 18.2 Å². The van der Waals surface area contributed by atoms with E-state index in [0.717, 1.165) is 32.1 Å². The minimum absolute atomic E-state index is 0.0492. The second-order valence-electron chi connectivity index (χ2n) is 5.53. The van der Waals surface area contributed by atoms with Gasteiger partial charge >= 0.3 is 0 Å². The highest BCUT2D eigenvalue weighted by Crippen LogP contribution is 2.18. The summed E-state index contributed by atoms with van der Waals surface area (Å²) in [7, 11) is 0. The fourth-order valence-electron chi connectivity index (χ4n) is 2.53. The smallest absolute Gasteiger partial charge is 0.251 e. The number of unbranched alkanes of at least 4 members (excludes halogenated alkanes) is 1. The Labute approximate surface area is 136 Å². The number of halogens is 1. The second kappa shape index (κ2) is 8.18. The van der Waals surface area contributed by atoms with Crippen LogP contribution in [-0.2, 0) is 5.88 Å². The van der Waals surface area contributed by atoms with E-state index < -0.39 is 0 Å². The number of oxazole rings is 1. The zero-order valence-corrected chi connectivity index (χ0v) is 13.9. The Morgan fingerprint density at radius 1 is 1.32 bits per heavy atom. The minimum atomic E-state index is -0.0492. The summed E-state index contributed by atoms with van der Waals surface area (Å²) in [5.74, 6) is 0.652. The van der Waals surface area contributed by atoms with E-state index >= 15 is 0 Å². The highest BCUT2D eigenvalue weighted by atomic mass is 35.5. The van der Waals surface area contributed by atoms with Crippen LogP contribution < -0.4 is 5.32 Å². The number of carbonyl (C=O) groups excluding carboxylic acids is 1. The summed E-state index contributed by atoms with van der Waals surface area (Å²) in [6, 6.07) is 5.54. The Morgan fingerprint density at radius 3 is 2.82 bits per heavy atom. The molecule has 0 spiro atoms. The van der Waals surface area contributed by atoms with Gasteiger partial charge in [-0.05, 0) is 31.0 Å². The van der Waals surface area contributed by atoms with Crippen molar-refractivity contribution in [2.24, 2.45) is 0 Å². The van der Waals surface area contributed by atoms with E-state index in [1.807, 2.05) is 0 Å². The SMILES string of the molecule is CCCCC(CCC)NC(=O)c1ccc2oc(CCl)nc2c1. The minimum Gasteiger partial charge on any atom is -0.439 e. The van der Waals surface area contributed by atoms with Crippen LogP contribution >= 0.6 is 11.6 Å². The van der Waals surface area contributed by atoms with E-state index in [-0.39, 0.29) is 17.8 Å². The molecule has 1 N–H and O–H groups in total. The molecule has 1 amide bonds. The molecule has 2 aromatic rings. The lowest BCUT2D eigenvalue weighted by atomic mass is 10.0. The molecular formula is C17H23ClN2O2. The number of carbonyl (C=O) groups is 1. The monoisotopic (exact) mass is 322 g/mol. The van der Waals surface area contributed by atoms with Crippen molar-refractivity contribution < 1.29 is 9.21 Å². The first-order chi connectivity index (χ1) is 10.7. The zero-order valence-electron chi connectivity index (χ0n) is 13.2. The van der Waals surface area contributed by atoms with Crippen LogP contribution in [0.2, 0.25) is 0 Å². The molecule has 0 saturated carbocycles. The Hall–Kier alpha value is -1.55. The molecule has 0 aliphatic carbocycles. The van der Waals surface area contributed by atoms with Crippen molar-refractivity contribution in [1.29, 1.82) is 0 Å². The van der Waals surface area contributed by atoms with Crippen LogP contribution in [0.3, 0.4) is 0 Å². The molecule has 1 atom stereocenters. The van der Waals surface area contributed by atoms with Crippen molar-refractivity contribution in [3.63, 3.8) is 0 Å². The third-order valence-corrected chi connectivity index (χ3v) is 3.92. The van der Waals surface area contributed by atoms with E-state index in [1.165, 1.54) is 0 Å². The lowest BCUT2D eigenvalue weighted by molar-refractivity contribution is 0.0932. The van der Waals surface area contributed by atoms with Crippen molar-refractivity contribution in [2.45, 2.75) is 57.9 Å². The fraction of sp³-hybridized carbons (Fsp3) is 0.529. The van der Waals surface area contributed by atoms with Crippen molar-refractivity contribution in [2.75, 3.05) is 0 Å². The highest BCUT2D eigenvalue weighted by molar-refractivity contribution is 6.16. The Bertz CT molecular complexity index is 624. The molecule has 1 unspecified atom stereocenters. The predicted octanol–water partition coefficient (Wildman–Crippen LogP) is 4.66. The molecule has 0 aliphatic rings. The van der Waals surface area contributed by atoms with E-state index in [0.29, 0.717) is 22.6 Å². The summed E-state index contributed by atoms with van der Waals surface area (Å²) in [6.07, 6.45) is 5.37. The first-order valence-electron chi connectivity index (χ1n) is 7.94. The summed E-state index contributed by atoms with van der Waals surface area (Å²) < 4.78 is 5.45. The standard InChI is InChI=1S/C17H23ClN2O2/c1-3-5-7-13(6-4-2)19-17(21)12-8-9-15-14(10-12)20-16(11-18)22-15/h8-10,13H,3-7,11H2,1-2H3,(H,19,21). The number of benzene rings is 1. The normalized spacial score (nSPS) is 12.5. The van der Waals surface area contributed by atoms with E-state index in [2.05, 4.69) is 24.1 Å². The summed E-state index contributed by atoms with van der Waals surface area (Å²) >= 11 is 5.72. The molecule has 2 rings (SSSR count). The molecule has 1 heterocycles. The van der Waals surface area contributed by atoms with Gasteiger partial charge < -0.3 is 9.73 Å². The highest BCUT2D eigenvalue weighted by Gasteiger charge is 2.14. The molecule has 1 aromatic carbocycles. The molecule has 1 aromatic heterocycles. The van der Waals surface area contributed by atoms with E-state index in [4.69, 9.17) is 16.0 Å². The summed E-state index contributed by atoms with van der Waals surface area (Å²) in [5, 5.41) is 3.13. The summed E-state index contributed by atoms with van der Waals surface area (Å²) in [5.41, 5.74) is 1.94. The van der Waals surface area contributed by atoms with Crippen molar-refractivity contribution in [3.05, 3.63) is 29.7 Å². The second-order valence-corrected chi connectivity index (χ2v) is 5.79. The van der Waals surface area contributed by atoms with Gasteiger partial charge in [0.1, 0.15) is 5.52 Å². The quantitative estimate of drug-likeness (QED) is 0.719. The van der Waals surface area contributed by atoms with Gasteiger partial charge in [0.2, 0.25) is 5.89 Å². The van der Waals surface area contributed by atoms with Gasteiger partial charge in [-0.1, -0.05) is 33.1 Å². The largest absolute Gasteiger partial charge is 0.439 e. The average Bonchev–Trinajstić information content (AvgIpc) is 2.94. The number of aromatic nitrogens is 1. The third kappa shape index (κ3) is 4.23. The molecule has 120 valence electrons. The molecule has 22 heavy (non-hydrogen) atoms. The Morgan fingerprint density at radius 2 is 2.14 bits per heavy atom. The fourth-order valence-corrected chi connectivity index (χ4v) is 2.64. The average molecular weight is 323 g/mol. The van der Waals surface area contributed by atoms with Gasteiger partial charge in [-0.15, -0.1) is 11.6 Å². The number of hydrogen-bond acceptors (Lipinski definition) is 3. The van der Waals surface area contributed by atoms with E-state index in [9.17, 15) is 4.79 Å². The molecule has 0 bridgehead atoms. The number of amides is 1. The number of nitrogens with zero attached hydrogens (tertiary/aromatic N) is 1. The van der Waals surface area contributed by atoms with Gasteiger partial charge in [0.15, 0.2) is 5.58 Å². The molecule has 0 fully saturated rings. The first-order valence-corrected chi connectivity index (χ1v) is 8.47. The number of hydrogen-bond donors (Lipinski definition) is 1. The van der Waals surface area contributed by atoms with Gasteiger partial charge in [0.25, 0.3) is 5.91 Å². The lowest BCUT2D eigenvalue weighted by Crippen LogP contribution is -2.34. The Kier molecular flexibility index (Phi) is 6.25. The summed E-state index contributed by atoms with van der Waals surface area (Å²) in [6.45, 7) is 4.30. The summed E-state index contributed by atoms with van der Waals surface area (Å²) in [4.78, 5) is 16.7. The van der Waals surface area contributed by atoms with Crippen molar-refractivity contribution >= 4 is 28.6 Å². The van der Waals surface area contributed by atoms with Crippen LogP contribution in [-0.4, -0.2) is 16.9 Å². The van der Waals surface area contributed by atoms with Crippen LogP contribution in [0, 0.1) is 0 Å². The van der Waals surface area contributed by atoms with Gasteiger partial charge in [-0.25, -0.2) is 4.98 Å². The maximum atomic E-state index is 12.4. The van der Waals surface area contributed by atoms with Crippen LogP contribution in [0.5, 0.6) is 0 Å². The van der Waals surface area contributed by atoms with Crippen molar-refractivity contribution in [3.8, 4) is 0 Å². The topological polar surface area (TPSA) is 55.1 Å². The maximum Gasteiger partial charge on any atom is 0.251 e. The number of rotatable bonds is 8. The van der Waals surface area contributed by atoms with Crippen LogP contribution in [0.4, 0.5) is 0 Å². The molecule has 0 radical (unpaired) electrons. The number of alkyl halides is 1. The molecule has 4 nitrogen and oxygen atoms in total. The van der Waals surface area contributed by atoms with Crippen LogP contribution in [0.15, 0.2) is 22.6 Å². The number of fused-ring (bicyclic) bond motifs is 1. The van der Waals surface area contributed by atoms with Gasteiger partial charge in [0.05, 0.1) is 5.88 Å². The molecular weight excluding hydrogens is 300 g/mol. The Balaban J connectivity index is 2.10. The van der Waals surface area contributed by atoms with Crippen LogP contribution in [0.1, 0.15) is 62.2 Å². The zero-order chi connectivity index (χ0) is 15.9. The predicted molar refractivity (Wildman–Crippen MR) is 89.3 cm³/mol. The molecule has 5 heteroatoms. The lowest BCUT2D eigenvalue weighted by Gasteiger charge is -2.17. The number of nitrogens with one attached hydrogen (secondary N) is 1. The third-order valence-electron chi connectivity index (χ3n) is 3.69. The van der Waals surface area contributed by atoms with Gasteiger partial charge in [-0.2, -0.15) is 0 Å². The van der Waals surface area contributed by atoms with Crippen LogP contribution in [0.25, 0.3) is 11.1 Å². The van der Waals surface area contributed by atoms with Crippen molar-refractivity contribution in [1.82, 2.24) is 10.3 Å². The molecule has 0 aliphatic heterocycles. The molecule has 0 saturated heterocycles. The first kappa shape index (κ1) is 16.8. The maximum absolute atomic E-state index is 12.4.